The summed E-state index contributed by atoms with van der Waals surface area (Å²) in [6.07, 6.45) is 8.40. The Labute approximate surface area is 97.1 Å². The molecule has 1 heterocycles. The molecule has 0 saturated heterocycles. The number of hydrogen-bond acceptors (Lipinski definition) is 4. The molecule has 0 spiro atoms. The van der Waals surface area contributed by atoms with E-state index in [0.29, 0.717) is 6.04 Å². The number of rotatable bonds is 3. The fraction of sp³-hybridized carbons (Fsp3) is 0.667. The number of aromatic nitrogens is 2. The quantitative estimate of drug-likeness (QED) is 0.848. The van der Waals surface area contributed by atoms with Crippen LogP contribution in [-0.4, -0.2) is 30.1 Å². The predicted octanol–water partition coefficient (Wildman–Crippen LogP) is 2.29. The molecule has 0 amide bonds. The zero-order valence-corrected chi connectivity index (χ0v) is 10.1. The standard InChI is InChI=1S/C12H20N4/c1-16(2)12-13-9-8-11(15-12)14-10-6-4-3-5-7-10/h8-10H,3-7H2,1-2H3,(H,13,14,15). The summed E-state index contributed by atoms with van der Waals surface area (Å²) in [5, 5.41) is 3.50. The van der Waals surface area contributed by atoms with Gasteiger partial charge >= 0.3 is 0 Å². The molecule has 0 aromatic carbocycles. The molecule has 0 bridgehead atoms. The first-order valence-electron chi connectivity index (χ1n) is 6.02. The van der Waals surface area contributed by atoms with Crippen LogP contribution in [-0.2, 0) is 0 Å². The van der Waals surface area contributed by atoms with Crippen LogP contribution in [0.4, 0.5) is 11.8 Å². The van der Waals surface area contributed by atoms with Gasteiger partial charge in [-0.15, -0.1) is 0 Å². The van der Waals surface area contributed by atoms with Gasteiger partial charge in [-0.2, -0.15) is 4.98 Å². The lowest BCUT2D eigenvalue weighted by atomic mass is 9.95. The topological polar surface area (TPSA) is 41.1 Å². The molecule has 1 N–H and O–H groups in total. The van der Waals surface area contributed by atoms with Crippen molar-refractivity contribution in [1.82, 2.24) is 9.97 Å². The van der Waals surface area contributed by atoms with E-state index in [-0.39, 0.29) is 0 Å². The van der Waals surface area contributed by atoms with Crippen LogP contribution in [0.15, 0.2) is 12.3 Å². The third-order valence-electron chi connectivity index (χ3n) is 3.00. The molecule has 1 aliphatic rings. The molecule has 4 nitrogen and oxygen atoms in total. The molecule has 1 aliphatic carbocycles. The Morgan fingerprint density at radius 1 is 1.25 bits per heavy atom. The highest BCUT2D eigenvalue weighted by molar-refractivity contribution is 5.41. The van der Waals surface area contributed by atoms with Gasteiger partial charge in [-0.3, -0.25) is 0 Å². The number of hydrogen-bond donors (Lipinski definition) is 1. The summed E-state index contributed by atoms with van der Waals surface area (Å²) < 4.78 is 0. The Morgan fingerprint density at radius 3 is 2.69 bits per heavy atom. The number of nitrogens with zero attached hydrogens (tertiary/aromatic N) is 3. The van der Waals surface area contributed by atoms with Crippen LogP contribution in [0.25, 0.3) is 0 Å². The SMILES string of the molecule is CN(C)c1nccc(NC2CCCCC2)n1. The molecule has 88 valence electrons. The highest BCUT2D eigenvalue weighted by Crippen LogP contribution is 2.21. The first-order chi connectivity index (χ1) is 7.75. The zero-order chi connectivity index (χ0) is 11.4. The van der Waals surface area contributed by atoms with Crippen LogP contribution >= 0.6 is 0 Å². The summed E-state index contributed by atoms with van der Waals surface area (Å²) >= 11 is 0. The van der Waals surface area contributed by atoms with Crippen molar-refractivity contribution in [2.45, 2.75) is 38.1 Å². The summed E-state index contributed by atoms with van der Waals surface area (Å²) in [7, 11) is 3.92. The van der Waals surface area contributed by atoms with Crippen molar-refractivity contribution >= 4 is 11.8 Å². The summed E-state index contributed by atoms with van der Waals surface area (Å²) in [4.78, 5) is 10.6. The van der Waals surface area contributed by atoms with E-state index < -0.39 is 0 Å². The van der Waals surface area contributed by atoms with Gasteiger partial charge in [-0.05, 0) is 18.9 Å². The molecule has 0 unspecified atom stereocenters. The lowest BCUT2D eigenvalue weighted by Gasteiger charge is -2.23. The van der Waals surface area contributed by atoms with Crippen LogP contribution in [0.3, 0.4) is 0 Å². The lowest BCUT2D eigenvalue weighted by molar-refractivity contribution is 0.462. The summed E-state index contributed by atoms with van der Waals surface area (Å²) in [6, 6.07) is 2.54. The van der Waals surface area contributed by atoms with E-state index in [4.69, 9.17) is 0 Å². The fourth-order valence-electron chi connectivity index (χ4n) is 2.10. The van der Waals surface area contributed by atoms with Gasteiger partial charge in [-0.1, -0.05) is 19.3 Å². The summed E-state index contributed by atoms with van der Waals surface area (Å²) in [5.41, 5.74) is 0. The maximum absolute atomic E-state index is 4.47. The van der Waals surface area contributed by atoms with Gasteiger partial charge in [0.15, 0.2) is 0 Å². The molecule has 0 radical (unpaired) electrons. The third kappa shape index (κ3) is 2.84. The minimum atomic E-state index is 0.596. The van der Waals surface area contributed by atoms with E-state index in [1.165, 1.54) is 32.1 Å². The van der Waals surface area contributed by atoms with Crippen molar-refractivity contribution in [3.63, 3.8) is 0 Å². The average molecular weight is 220 g/mol. The van der Waals surface area contributed by atoms with Crippen molar-refractivity contribution in [2.75, 3.05) is 24.3 Å². The minimum Gasteiger partial charge on any atom is -0.367 e. The molecule has 1 fully saturated rings. The van der Waals surface area contributed by atoms with E-state index in [1.54, 1.807) is 0 Å². The molecule has 2 rings (SSSR count). The Hall–Kier alpha value is -1.32. The highest BCUT2D eigenvalue weighted by atomic mass is 15.2. The molecule has 0 aliphatic heterocycles. The van der Waals surface area contributed by atoms with Crippen LogP contribution in [0.5, 0.6) is 0 Å². The number of anilines is 2. The van der Waals surface area contributed by atoms with Gasteiger partial charge in [0.2, 0.25) is 5.95 Å². The molecule has 4 heteroatoms. The Morgan fingerprint density at radius 2 is 2.00 bits per heavy atom. The second-order valence-corrected chi connectivity index (χ2v) is 4.62. The van der Waals surface area contributed by atoms with Gasteiger partial charge in [0.25, 0.3) is 0 Å². The maximum Gasteiger partial charge on any atom is 0.226 e. The number of nitrogens with one attached hydrogen (secondary N) is 1. The predicted molar refractivity (Wildman–Crippen MR) is 66.9 cm³/mol. The molecule has 1 saturated carbocycles. The second kappa shape index (κ2) is 5.14. The van der Waals surface area contributed by atoms with E-state index in [1.807, 2.05) is 31.3 Å². The second-order valence-electron chi connectivity index (χ2n) is 4.62. The first-order valence-corrected chi connectivity index (χ1v) is 6.02. The third-order valence-corrected chi connectivity index (χ3v) is 3.00. The lowest BCUT2D eigenvalue weighted by Crippen LogP contribution is -2.23. The smallest absolute Gasteiger partial charge is 0.226 e. The minimum absolute atomic E-state index is 0.596. The Balaban J connectivity index is 2.00. The molecular formula is C12H20N4. The van der Waals surface area contributed by atoms with E-state index in [9.17, 15) is 0 Å². The van der Waals surface area contributed by atoms with Crippen LogP contribution in [0.1, 0.15) is 32.1 Å². The van der Waals surface area contributed by atoms with Gasteiger partial charge in [-0.25, -0.2) is 4.98 Å². The summed E-state index contributed by atoms with van der Waals surface area (Å²) in [6.45, 7) is 0. The van der Waals surface area contributed by atoms with Crippen molar-refractivity contribution < 1.29 is 0 Å². The van der Waals surface area contributed by atoms with Gasteiger partial charge in [0.1, 0.15) is 5.82 Å². The molecular weight excluding hydrogens is 200 g/mol. The zero-order valence-electron chi connectivity index (χ0n) is 10.1. The molecule has 0 atom stereocenters. The molecule has 1 aromatic rings. The highest BCUT2D eigenvalue weighted by Gasteiger charge is 2.13. The fourth-order valence-corrected chi connectivity index (χ4v) is 2.10. The normalized spacial score (nSPS) is 17.1. The monoisotopic (exact) mass is 220 g/mol. The van der Waals surface area contributed by atoms with Crippen LogP contribution < -0.4 is 10.2 Å². The van der Waals surface area contributed by atoms with E-state index >= 15 is 0 Å². The Bertz CT molecular complexity index is 332. The largest absolute Gasteiger partial charge is 0.367 e. The van der Waals surface area contributed by atoms with Crippen molar-refractivity contribution in [1.29, 1.82) is 0 Å². The van der Waals surface area contributed by atoms with Gasteiger partial charge in [0, 0.05) is 26.3 Å². The average Bonchev–Trinajstić information content (AvgIpc) is 2.30. The van der Waals surface area contributed by atoms with E-state index in [0.717, 1.165) is 11.8 Å². The van der Waals surface area contributed by atoms with Crippen molar-refractivity contribution in [3.05, 3.63) is 12.3 Å². The van der Waals surface area contributed by atoms with Crippen LogP contribution in [0, 0.1) is 0 Å². The molecule has 16 heavy (non-hydrogen) atoms. The van der Waals surface area contributed by atoms with Gasteiger partial charge in [0.05, 0.1) is 0 Å². The van der Waals surface area contributed by atoms with Crippen molar-refractivity contribution in [2.24, 2.45) is 0 Å². The molecule has 1 aromatic heterocycles. The Kier molecular flexibility index (Phi) is 3.59. The maximum atomic E-state index is 4.47. The van der Waals surface area contributed by atoms with Gasteiger partial charge < -0.3 is 10.2 Å². The van der Waals surface area contributed by atoms with Crippen LogP contribution in [0.2, 0.25) is 0 Å². The van der Waals surface area contributed by atoms with E-state index in [2.05, 4.69) is 15.3 Å². The van der Waals surface area contributed by atoms with Crippen molar-refractivity contribution in [3.8, 4) is 0 Å². The first kappa shape index (κ1) is 11.2. The summed E-state index contributed by atoms with van der Waals surface area (Å²) in [5.74, 6) is 1.71.